The predicted molar refractivity (Wildman–Crippen MR) is 126 cm³/mol. The fourth-order valence-corrected chi connectivity index (χ4v) is 4.76. The molecule has 1 aliphatic rings. The number of carbonyl (C=O) groups is 1. The van der Waals surface area contributed by atoms with Crippen LogP contribution in [0.2, 0.25) is 10.0 Å². The minimum absolute atomic E-state index is 0.259. The molecule has 31 heavy (non-hydrogen) atoms. The molecule has 10 heteroatoms. The number of furan rings is 1. The van der Waals surface area contributed by atoms with E-state index in [0.29, 0.717) is 36.7 Å². The number of nitrogens with one attached hydrogen (secondary N) is 2. The maximum Gasteiger partial charge on any atom is 0.264 e. The van der Waals surface area contributed by atoms with Crippen molar-refractivity contribution in [2.24, 2.45) is 4.99 Å². The summed E-state index contributed by atoms with van der Waals surface area (Å²) >= 11 is 14.8. The molecule has 0 spiro atoms. The number of amidine groups is 1. The highest BCUT2D eigenvalue weighted by Crippen LogP contribution is 2.35. The highest BCUT2D eigenvalue weighted by Gasteiger charge is 2.25. The van der Waals surface area contributed by atoms with E-state index in [-0.39, 0.29) is 5.91 Å². The van der Waals surface area contributed by atoms with Crippen LogP contribution in [0.15, 0.2) is 79.2 Å². The number of amides is 1. The summed E-state index contributed by atoms with van der Waals surface area (Å²) in [5.41, 5.74) is 2.34. The van der Waals surface area contributed by atoms with Crippen LogP contribution in [0.1, 0.15) is 5.76 Å². The second-order valence-electron chi connectivity index (χ2n) is 6.37. The number of carbonyl (C=O) groups excluding carboxylic acids is 1. The molecule has 1 fully saturated rings. The van der Waals surface area contributed by atoms with Crippen molar-refractivity contribution in [1.29, 1.82) is 0 Å². The van der Waals surface area contributed by atoms with Gasteiger partial charge in [-0.05, 0) is 59.9 Å². The first kappa shape index (κ1) is 20.3. The number of imidazole rings is 1. The Hall–Kier alpha value is -2.65. The molecule has 2 aromatic carbocycles. The third kappa shape index (κ3) is 4.38. The first-order valence-electron chi connectivity index (χ1n) is 9.01. The summed E-state index contributed by atoms with van der Waals surface area (Å²) in [6, 6.07) is 16.6. The van der Waals surface area contributed by atoms with E-state index in [0.717, 1.165) is 16.2 Å². The van der Waals surface area contributed by atoms with Gasteiger partial charge in [-0.3, -0.25) is 4.79 Å². The number of rotatable bonds is 4. The molecule has 1 saturated heterocycles. The van der Waals surface area contributed by atoms with Crippen LogP contribution in [-0.2, 0) is 4.79 Å². The van der Waals surface area contributed by atoms with Crippen molar-refractivity contribution in [2.75, 3.05) is 0 Å². The zero-order valence-electron chi connectivity index (χ0n) is 15.6. The van der Waals surface area contributed by atoms with Gasteiger partial charge in [0.25, 0.3) is 5.91 Å². The van der Waals surface area contributed by atoms with Crippen LogP contribution in [0.25, 0.3) is 17.1 Å². The molecule has 1 aliphatic heterocycles. The van der Waals surface area contributed by atoms with E-state index in [9.17, 15) is 4.79 Å². The van der Waals surface area contributed by atoms with Crippen LogP contribution in [0.4, 0.5) is 5.69 Å². The smallest absolute Gasteiger partial charge is 0.264 e. The average Bonchev–Trinajstić information content (AvgIpc) is 3.45. The number of nitrogens with zero attached hydrogens (tertiary/aromatic N) is 2. The Morgan fingerprint density at radius 2 is 1.97 bits per heavy atom. The number of aromatic nitrogens is 2. The summed E-state index contributed by atoms with van der Waals surface area (Å²) < 4.78 is 5.84. The van der Waals surface area contributed by atoms with Crippen LogP contribution in [0.5, 0.6) is 0 Å². The number of fused-ring (bicyclic) bond motifs is 1. The van der Waals surface area contributed by atoms with E-state index in [1.807, 2.05) is 30.3 Å². The number of benzene rings is 2. The predicted octanol–water partition coefficient (Wildman–Crippen LogP) is 6.51. The van der Waals surface area contributed by atoms with E-state index in [1.165, 1.54) is 23.5 Å². The van der Waals surface area contributed by atoms with Gasteiger partial charge in [-0.25, -0.2) is 9.98 Å². The van der Waals surface area contributed by atoms with Crippen LogP contribution in [-0.4, -0.2) is 21.0 Å². The Labute approximate surface area is 195 Å². The topological polar surface area (TPSA) is 83.3 Å². The van der Waals surface area contributed by atoms with Gasteiger partial charge < -0.3 is 14.7 Å². The molecule has 0 saturated carbocycles. The minimum Gasteiger partial charge on any atom is -0.450 e. The molecule has 0 bridgehead atoms. The molecule has 0 unspecified atom stereocenters. The molecule has 0 aliphatic carbocycles. The number of aliphatic imine (C=N–C) groups is 1. The van der Waals surface area contributed by atoms with Crippen LogP contribution in [0.3, 0.4) is 0 Å². The van der Waals surface area contributed by atoms with Gasteiger partial charge >= 0.3 is 0 Å². The van der Waals surface area contributed by atoms with Gasteiger partial charge in [0.1, 0.15) is 5.76 Å². The maximum absolute atomic E-state index is 12.3. The summed E-state index contributed by atoms with van der Waals surface area (Å²) in [7, 11) is 0. The summed E-state index contributed by atoms with van der Waals surface area (Å²) in [4.78, 5) is 24.9. The lowest BCUT2D eigenvalue weighted by molar-refractivity contribution is -0.115. The summed E-state index contributed by atoms with van der Waals surface area (Å²) in [6.07, 6.45) is 1.67. The molecule has 2 aromatic heterocycles. The van der Waals surface area contributed by atoms with Gasteiger partial charge in [-0.2, -0.15) is 0 Å². The second-order valence-corrected chi connectivity index (χ2v) is 9.18. The number of thioether (sulfide) groups is 1. The lowest BCUT2D eigenvalue weighted by atomic mass is 10.3. The fraction of sp³-hybridized carbons (Fsp3) is 0. The third-order valence-corrected chi connectivity index (χ3v) is 6.77. The molecule has 0 radical (unpaired) electrons. The molecule has 154 valence electrons. The molecular weight excluding hydrogens is 475 g/mol. The molecular formula is C21H12Cl2N4O2S2. The number of hydrogen-bond acceptors (Lipinski definition) is 6. The standard InChI is InChI=1S/C21H12Cl2N4O2S2/c22-12-4-3-7-15(18(12)23)26-21-27-19(28)16(30-21)10-11-8-9-17(29-11)31-20-24-13-5-1-2-6-14(13)25-20/h1-10H,(H,24,25)(H,26,27,28)/b16-10-. The quantitative estimate of drug-likeness (QED) is 0.321. The van der Waals surface area contributed by atoms with E-state index in [1.54, 1.807) is 30.3 Å². The Morgan fingerprint density at radius 3 is 2.84 bits per heavy atom. The number of halogens is 2. The van der Waals surface area contributed by atoms with Crippen molar-refractivity contribution in [3.63, 3.8) is 0 Å². The highest BCUT2D eigenvalue weighted by atomic mass is 35.5. The summed E-state index contributed by atoms with van der Waals surface area (Å²) in [5, 5.41) is 5.27. The van der Waals surface area contributed by atoms with E-state index in [4.69, 9.17) is 27.6 Å². The van der Waals surface area contributed by atoms with Gasteiger partial charge in [-0.1, -0.05) is 41.4 Å². The Morgan fingerprint density at radius 1 is 1.10 bits per heavy atom. The zero-order valence-corrected chi connectivity index (χ0v) is 18.7. The van der Waals surface area contributed by atoms with Gasteiger partial charge in [0.2, 0.25) is 0 Å². The van der Waals surface area contributed by atoms with Crippen molar-refractivity contribution in [3.8, 4) is 0 Å². The fourth-order valence-electron chi connectivity index (χ4n) is 2.84. The molecule has 0 atom stereocenters. The van der Waals surface area contributed by atoms with E-state index in [2.05, 4.69) is 20.3 Å². The number of H-pyrrole nitrogens is 1. The van der Waals surface area contributed by atoms with Crippen LogP contribution in [0, 0.1) is 0 Å². The summed E-state index contributed by atoms with van der Waals surface area (Å²) in [5.74, 6) is 0.295. The lowest BCUT2D eigenvalue weighted by Gasteiger charge is -2.00. The van der Waals surface area contributed by atoms with Crippen molar-refractivity contribution in [1.82, 2.24) is 15.3 Å². The SMILES string of the molecule is O=C1NC(=Nc2cccc(Cl)c2Cl)S/C1=C\c1ccc(Sc2nc3ccccc3[nH]2)o1. The number of para-hydroxylation sites is 2. The molecule has 1 amide bonds. The molecule has 6 nitrogen and oxygen atoms in total. The van der Waals surface area contributed by atoms with Crippen molar-refractivity contribution >= 4 is 80.6 Å². The average molecular weight is 487 g/mol. The van der Waals surface area contributed by atoms with E-state index < -0.39 is 0 Å². The first-order chi connectivity index (χ1) is 15.0. The number of aromatic amines is 1. The molecule has 4 aromatic rings. The van der Waals surface area contributed by atoms with Crippen LogP contribution < -0.4 is 5.32 Å². The Bertz CT molecular complexity index is 1340. The third-order valence-electron chi connectivity index (χ3n) is 4.24. The maximum atomic E-state index is 12.3. The van der Waals surface area contributed by atoms with Crippen molar-refractivity contribution in [3.05, 3.63) is 75.3 Å². The van der Waals surface area contributed by atoms with E-state index >= 15 is 0 Å². The monoisotopic (exact) mass is 486 g/mol. The summed E-state index contributed by atoms with van der Waals surface area (Å²) in [6.45, 7) is 0. The molecule has 3 heterocycles. The highest BCUT2D eigenvalue weighted by molar-refractivity contribution is 8.18. The van der Waals surface area contributed by atoms with Gasteiger partial charge in [0.15, 0.2) is 15.4 Å². The number of hydrogen-bond donors (Lipinski definition) is 2. The van der Waals surface area contributed by atoms with Gasteiger partial charge in [-0.15, -0.1) is 0 Å². The zero-order chi connectivity index (χ0) is 21.4. The Balaban J connectivity index is 1.33. The van der Waals surface area contributed by atoms with Gasteiger partial charge in [0.05, 0.1) is 31.7 Å². The molecule has 2 N–H and O–H groups in total. The minimum atomic E-state index is -0.259. The van der Waals surface area contributed by atoms with Gasteiger partial charge in [0, 0.05) is 6.08 Å². The normalized spacial score (nSPS) is 16.5. The van der Waals surface area contributed by atoms with Crippen LogP contribution >= 0.6 is 46.7 Å². The first-order valence-corrected chi connectivity index (χ1v) is 11.4. The van der Waals surface area contributed by atoms with Crippen molar-refractivity contribution < 1.29 is 9.21 Å². The largest absolute Gasteiger partial charge is 0.450 e. The second kappa shape index (κ2) is 8.47. The molecule has 5 rings (SSSR count). The van der Waals surface area contributed by atoms with Crippen molar-refractivity contribution in [2.45, 2.75) is 10.2 Å². The Kier molecular flexibility index (Phi) is 5.54. The lowest BCUT2D eigenvalue weighted by Crippen LogP contribution is -2.19.